The molecule has 0 spiro atoms. The van der Waals surface area contributed by atoms with E-state index in [0.29, 0.717) is 17.5 Å². The Hall–Kier alpha value is -2.24. The van der Waals surface area contributed by atoms with Gasteiger partial charge in [-0.25, -0.2) is 9.97 Å². The van der Waals surface area contributed by atoms with E-state index in [1.165, 1.54) is 12.8 Å². The van der Waals surface area contributed by atoms with E-state index in [1.54, 1.807) is 6.21 Å². The van der Waals surface area contributed by atoms with Gasteiger partial charge in [-0.1, -0.05) is 36.6 Å². The van der Waals surface area contributed by atoms with Crippen LogP contribution in [0.5, 0.6) is 0 Å². The second-order valence-corrected chi connectivity index (χ2v) is 8.25. The second-order valence-electron chi connectivity index (χ2n) is 7.47. The van der Waals surface area contributed by atoms with Crippen molar-refractivity contribution < 1.29 is 0 Å². The Morgan fingerprint density at radius 1 is 1.14 bits per heavy atom. The minimum absolute atomic E-state index is 0.225. The van der Waals surface area contributed by atoms with Gasteiger partial charge in [0.2, 0.25) is 5.28 Å². The Kier molecular flexibility index (Phi) is 4.44. The molecule has 0 N–H and O–H groups in total. The van der Waals surface area contributed by atoms with Crippen molar-refractivity contribution in [1.82, 2.24) is 19.5 Å². The molecule has 5 nitrogen and oxygen atoms in total. The van der Waals surface area contributed by atoms with Crippen molar-refractivity contribution in [1.29, 1.82) is 0 Å². The Balaban J connectivity index is 1.65. The topological polar surface area (TPSA) is 56.0 Å². The van der Waals surface area contributed by atoms with E-state index in [1.807, 2.05) is 36.7 Å². The molecular formula is C21H19Cl2N5. The lowest BCUT2D eigenvalue weighted by atomic mass is 9.88. The lowest BCUT2D eigenvalue weighted by Crippen LogP contribution is -2.25. The lowest BCUT2D eigenvalue weighted by molar-refractivity contribution is 0.528. The van der Waals surface area contributed by atoms with Crippen molar-refractivity contribution in [3.8, 4) is 0 Å². The number of fused-ring (bicyclic) bond motifs is 1. The van der Waals surface area contributed by atoms with E-state index >= 15 is 0 Å². The monoisotopic (exact) mass is 411 g/mol. The highest BCUT2D eigenvalue weighted by Gasteiger charge is 2.36. The van der Waals surface area contributed by atoms with Gasteiger partial charge >= 0.3 is 0 Å². The zero-order valence-electron chi connectivity index (χ0n) is 15.2. The highest BCUT2D eigenvalue weighted by molar-refractivity contribution is 6.30. The molecule has 1 aliphatic carbocycles. The Labute approximate surface area is 173 Å². The van der Waals surface area contributed by atoms with Gasteiger partial charge in [0, 0.05) is 23.7 Å². The fourth-order valence-corrected chi connectivity index (χ4v) is 4.73. The summed E-state index contributed by atoms with van der Waals surface area (Å²) in [7, 11) is 0. The molecule has 3 aromatic rings. The third-order valence-electron chi connectivity index (χ3n) is 5.65. The van der Waals surface area contributed by atoms with Gasteiger partial charge in [0.25, 0.3) is 0 Å². The number of allylic oxidation sites excluding steroid dienone is 1. The van der Waals surface area contributed by atoms with Crippen molar-refractivity contribution >= 4 is 40.6 Å². The lowest BCUT2D eigenvalue weighted by Gasteiger charge is -2.24. The summed E-state index contributed by atoms with van der Waals surface area (Å²) in [5, 5.41) is 0.929. The molecule has 7 heteroatoms. The average Bonchev–Trinajstić information content (AvgIpc) is 3.41. The van der Waals surface area contributed by atoms with Gasteiger partial charge in [-0.15, -0.1) is 0 Å². The molecule has 0 bridgehead atoms. The number of benzene rings is 1. The molecule has 1 unspecified atom stereocenters. The molecule has 5 rings (SSSR count). The molecule has 1 aromatic carbocycles. The zero-order chi connectivity index (χ0) is 19.1. The summed E-state index contributed by atoms with van der Waals surface area (Å²) >= 11 is 12.6. The molecule has 1 aliphatic heterocycles. The Morgan fingerprint density at radius 2 is 2.00 bits per heavy atom. The molecule has 142 valence electrons. The van der Waals surface area contributed by atoms with E-state index in [0.717, 1.165) is 35.3 Å². The van der Waals surface area contributed by atoms with Gasteiger partial charge in [-0.2, -0.15) is 4.98 Å². The maximum absolute atomic E-state index is 6.37. The van der Waals surface area contributed by atoms with E-state index in [-0.39, 0.29) is 5.28 Å². The van der Waals surface area contributed by atoms with E-state index in [9.17, 15) is 0 Å². The molecule has 2 aliphatic rings. The van der Waals surface area contributed by atoms with E-state index in [2.05, 4.69) is 20.6 Å². The van der Waals surface area contributed by atoms with Crippen LogP contribution in [0.25, 0.3) is 11.2 Å². The summed E-state index contributed by atoms with van der Waals surface area (Å²) in [6.45, 7) is 0. The fraction of sp³-hybridized carbons (Fsp3) is 0.333. The van der Waals surface area contributed by atoms with Crippen LogP contribution in [0.3, 0.4) is 0 Å². The van der Waals surface area contributed by atoms with Crippen LogP contribution in [0.15, 0.2) is 47.7 Å². The first-order valence-corrected chi connectivity index (χ1v) is 10.3. The first-order chi connectivity index (χ1) is 13.6. The van der Waals surface area contributed by atoms with Crippen molar-refractivity contribution in [2.45, 2.75) is 43.7 Å². The fourth-order valence-electron chi connectivity index (χ4n) is 4.35. The van der Waals surface area contributed by atoms with Gasteiger partial charge in [-0.05, 0) is 54.3 Å². The molecule has 0 amide bonds. The van der Waals surface area contributed by atoms with Crippen LogP contribution in [0.4, 0.5) is 0 Å². The first-order valence-electron chi connectivity index (χ1n) is 9.53. The number of imidazole rings is 1. The molecular weight excluding hydrogens is 393 g/mol. The van der Waals surface area contributed by atoms with Crippen molar-refractivity contribution in [2.75, 3.05) is 0 Å². The molecule has 3 heterocycles. The smallest absolute Gasteiger partial charge is 0.224 e. The first kappa shape index (κ1) is 17.8. The number of nitrogens with zero attached hydrogens (tertiary/aromatic N) is 5. The number of aromatic nitrogens is 4. The Morgan fingerprint density at radius 3 is 2.75 bits per heavy atom. The van der Waals surface area contributed by atoms with Crippen LogP contribution >= 0.6 is 23.2 Å². The molecule has 28 heavy (non-hydrogen) atoms. The standard InChI is InChI=1S/C21H19Cl2N5/c22-15-6-3-5-14(11-15)12-21(9-4-10-25-21)18-17-19(27-20(23)26-18)28(13-24-17)16-7-1-2-8-16/h3-6,9-11,13,16H,1-2,7-8,12H2. The summed E-state index contributed by atoms with van der Waals surface area (Å²) in [5.41, 5.74) is 2.72. The Bertz CT molecular complexity index is 1080. The summed E-state index contributed by atoms with van der Waals surface area (Å²) in [6.07, 6.45) is 13.1. The highest BCUT2D eigenvalue weighted by Crippen LogP contribution is 2.39. The number of hydrogen-bond acceptors (Lipinski definition) is 4. The molecule has 2 aromatic heterocycles. The van der Waals surface area contributed by atoms with E-state index < -0.39 is 5.54 Å². The number of rotatable bonds is 4. The normalized spacial score (nSPS) is 21.9. The molecule has 1 saturated carbocycles. The van der Waals surface area contributed by atoms with Gasteiger partial charge in [-0.3, -0.25) is 4.99 Å². The molecule has 1 fully saturated rings. The quantitative estimate of drug-likeness (QED) is 0.545. The number of aliphatic imine (C=N–C) groups is 1. The summed E-state index contributed by atoms with van der Waals surface area (Å²) in [4.78, 5) is 18.6. The van der Waals surface area contributed by atoms with Crippen LogP contribution in [-0.2, 0) is 12.0 Å². The van der Waals surface area contributed by atoms with Crippen LogP contribution in [0.1, 0.15) is 43.0 Å². The maximum Gasteiger partial charge on any atom is 0.224 e. The van der Waals surface area contributed by atoms with Crippen molar-refractivity contribution in [2.24, 2.45) is 4.99 Å². The van der Waals surface area contributed by atoms with Gasteiger partial charge < -0.3 is 4.57 Å². The zero-order valence-corrected chi connectivity index (χ0v) is 16.7. The van der Waals surface area contributed by atoms with Crippen LogP contribution in [0, 0.1) is 0 Å². The third kappa shape index (κ3) is 3.03. The van der Waals surface area contributed by atoms with E-state index in [4.69, 9.17) is 33.2 Å². The number of halogens is 2. The SMILES string of the molecule is Clc1cccc(CC2(c3nc(Cl)nc4c3ncn4C3CCCC3)C=CC=N2)c1. The van der Waals surface area contributed by atoms with Crippen LogP contribution in [-0.4, -0.2) is 25.7 Å². The minimum atomic E-state index is -0.662. The van der Waals surface area contributed by atoms with Gasteiger partial charge in [0.05, 0.1) is 6.33 Å². The minimum Gasteiger partial charge on any atom is -0.312 e. The van der Waals surface area contributed by atoms with Crippen molar-refractivity contribution in [3.63, 3.8) is 0 Å². The summed E-state index contributed by atoms with van der Waals surface area (Å²) < 4.78 is 2.16. The van der Waals surface area contributed by atoms with Gasteiger partial charge in [0.15, 0.2) is 5.65 Å². The van der Waals surface area contributed by atoms with Gasteiger partial charge in [0.1, 0.15) is 16.7 Å². The largest absolute Gasteiger partial charge is 0.312 e. The predicted molar refractivity (Wildman–Crippen MR) is 112 cm³/mol. The van der Waals surface area contributed by atoms with Crippen molar-refractivity contribution in [3.05, 3.63) is 64.3 Å². The maximum atomic E-state index is 6.37. The van der Waals surface area contributed by atoms with Crippen LogP contribution in [0.2, 0.25) is 10.3 Å². The third-order valence-corrected chi connectivity index (χ3v) is 6.05. The van der Waals surface area contributed by atoms with Crippen LogP contribution < -0.4 is 0 Å². The second kappa shape index (κ2) is 6.98. The average molecular weight is 412 g/mol. The highest BCUT2D eigenvalue weighted by atomic mass is 35.5. The summed E-state index contributed by atoms with van der Waals surface area (Å²) in [5.74, 6) is 0. The predicted octanol–water partition coefficient (Wildman–Crippen LogP) is 5.33. The number of hydrogen-bond donors (Lipinski definition) is 0. The molecule has 0 saturated heterocycles. The summed E-state index contributed by atoms with van der Waals surface area (Å²) in [6, 6.07) is 8.25. The molecule has 0 radical (unpaired) electrons. The molecule has 1 atom stereocenters.